The van der Waals surface area contributed by atoms with Gasteiger partial charge in [-0.1, -0.05) is 52.1 Å². The maximum Gasteiger partial charge on any atom is 0.401 e. The van der Waals surface area contributed by atoms with Gasteiger partial charge in [-0.05, 0) is 29.3 Å². The van der Waals surface area contributed by atoms with E-state index in [9.17, 15) is 31.2 Å². The number of benzene rings is 2. The largest absolute Gasteiger partial charge is 0.401 e. The van der Waals surface area contributed by atoms with Gasteiger partial charge in [0.05, 0.1) is 15.1 Å². The quantitative estimate of drug-likeness (QED) is 0.525. The Bertz CT molecular complexity index is 1500. The lowest BCUT2D eigenvalue weighted by Crippen LogP contribution is -2.67. The Balaban J connectivity index is 1.44. The number of nitrogens with one attached hydrogen (secondary N) is 1. The van der Waals surface area contributed by atoms with Crippen LogP contribution in [0.5, 0.6) is 0 Å². The number of sulfone groups is 1. The second-order valence-corrected chi connectivity index (χ2v) is 12.8. The zero-order valence-electron chi connectivity index (χ0n) is 19.3. The first-order valence-electron chi connectivity index (χ1n) is 11.0. The fourth-order valence-electron chi connectivity index (χ4n) is 4.93. The van der Waals surface area contributed by atoms with Crippen LogP contribution in [0.3, 0.4) is 0 Å². The minimum absolute atomic E-state index is 0.00840. The van der Waals surface area contributed by atoms with Crippen LogP contribution in [0.15, 0.2) is 35.5 Å². The number of carbonyl (C=O) groups is 2. The van der Waals surface area contributed by atoms with Crippen LogP contribution < -0.4 is 5.32 Å². The monoisotopic (exact) mass is 609 g/mol. The maximum atomic E-state index is 14.3. The smallest absolute Gasteiger partial charge is 0.386 e. The van der Waals surface area contributed by atoms with Crippen molar-refractivity contribution >= 4 is 62.2 Å². The van der Waals surface area contributed by atoms with Gasteiger partial charge in [0.1, 0.15) is 22.9 Å². The molecule has 0 bridgehead atoms. The summed E-state index contributed by atoms with van der Waals surface area (Å²) in [6, 6.07) is 6.65. The zero-order chi connectivity index (χ0) is 27.8. The lowest BCUT2D eigenvalue weighted by molar-refractivity contribution is -0.177. The molecule has 2 amide bonds. The number of nitrogens with zero attached hydrogens (tertiary/aromatic N) is 2. The van der Waals surface area contributed by atoms with E-state index in [0.717, 1.165) is 6.26 Å². The van der Waals surface area contributed by atoms with Crippen LogP contribution in [-0.4, -0.2) is 62.1 Å². The third kappa shape index (κ3) is 4.61. The molecule has 2 aromatic carbocycles. The summed E-state index contributed by atoms with van der Waals surface area (Å²) in [6.45, 7) is 0.0731. The summed E-state index contributed by atoms with van der Waals surface area (Å²) < 4.78 is 65.7. The van der Waals surface area contributed by atoms with E-state index in [2.05, 4.69) is 10.5 Å². The summed E-state index contributed by atoms with van der Waals surface area (Å²) in [7, 11) is -3.53. The second-order valence-electron chi connectivity index (χ2n) is 9.44. The third-order valence-electron chi connectivity index (χ3n) is 6.64. The molecule has 0 radical (unpaired) electrons. The van der Waals surface area contributed by atoms with Gasteiger partial charge >= 0.3 is 6.18 Å². The molecule has 3 aliphatic heterocycles. The van der Waals surface area contributed by atoms with Crippen molar-refractivity contribution in [2.45, 2.75) is 17.8 Å². The molecule has 0 aliphatic carbocycles. The summed E-state index contributed by atoms with van der Waals surface area (Å²) in [5, 5.41) is 6.40. The molecular weight excluding hydrogens is 594 g/mol. The van der Waals surface area contributed by atoms with Crippen LogP contribution in [0, 0.1) is 5.92 Å². The lowest BCUT2D eigenvalue weighted by Gasteiger charge is -2.48. The maximum absolute atomic E-state index is 14.3. The number of fused-ring (bicyclic) bond motifs is 2. The number of hydrogen-bond acceptors (Lipinski definition) is 6. The van der Waals surface area contributed by atoms with Gasteiger partial charge in [0.25, 0.3) is 5.91 Å². The van der Waals surface area contributed by atoms with Gasteiger partial charge in [0, 0.05) is 30.5 Å². The van der Waals surface area contributed by atoms with Gasteiger partial charge in [-0.15, -0.1) is 0 Å². The Hall–Kier alpha value is -2.54. The van der Waals surface area contributed by atoms with Crippen molar-refractivity contribution in [3.63, 3.8) is 0 Å². The highest BCUT2D eigenvalue weighted by Crippen LogP contribution is 2.47. The van der Waals surface area contributed by atoms with E-state index in [4.69, 9.17) is 39.6 Å². The molecule has 38 heavy (non-hydrogen) atoms. The summed E-state index contributed by atoms with van der Waals surface area (Å²) in [4.78, 5) is 31.5. The van der Waals surface area contributed by atoms with Gasteiger partial charge in [-0.25, -0.2) is 8.42 Å². The number of halogens is 6. The first-order chi connectivity index (χ1) is 17.6. The number of carbonyl (C=O) groups excluding carboxylic acids is 2. The van der Waals surface area contributed by atoms with Gasteiger partial charge in [-0.3, -0.25) is 9.59 Å². The minimum atomic E-state index is -4.78. The Morgan fingerprint density at radius 2 is 1.82 bits per heavy atom. The van der Waals surface area contributed by atoms with Crippen LogP contribution in [0.1, 0.15) is 33.2 Å². The summed E-state index contributed by atoms with van der Waals surface area (Å²) in [5.74, 6) is -3.99. The molecule has 3 heterocycles. The highest BCUT2D eigenvalue weighted by atomic mass is 35.5. The third-order valence-corrected chi connectivity index (χ3v) is 8.61. The molecule has 1 N–H and O–H groups in total. The van der Waals surface area contributed by atoms with Crippen molar-refractivity contribution in [3.8, 4) is 0 Å². The van der Waals surface area contributed by atoms with Crippen molar-refractivity contribution in [2.24, 2.45) is 11.1 Å². The summed E-state index contributed by atoms with van der Waals surface area (Å²) in [6.07, 6.45) is -5.43. The van der Waals surface area contributed by atoms with Crippen LogP contribution in [0.4, 0.5) is 13.2 Å². The van der Waals surface area contributed by atoms with Gasteiger partial charge < -0.3 is 15.1 Å². The van der Waals surface area contributed by atoms with Crippen LogP contribution in [0.25, 0.3) is 0 Å². The minimum Gasteiger partial charge on any atom is -0.386 e. The molecule has 1 spiro atoms. The molecule has 2 unspecified atom stereocenters. The van der Waals surface area contributed by atoms with E-state index in [-0.39, 0.29) is 44.8 Å². The molecule has 2 aromatic rings. The molecule has 0 saturated carbocycles. The SMILES string of the molecule is CS(=O)(=O)CC(=O)N1CC2(C1)NC(=O)c1cc(C3=NOC(c4cc(Cl)c(Cl)c(Cl)c4)C3C(F)(F)F)ccc12. The number of rotatable bonds is 4. The van der Waals surface area contributed by atoms with E-state index in [1.54, 1.807) is 0 Å². The highest BCUT2D eigenvalue weighted by molar-refractivity contribution is 7.91. The van der Waals surface area contributed by atoms with E-state index in [0.29, 0.717) is 5.56 Å². The van der Waals surface area contributed by atoms with E-state index >= 15 is 0 Å². The summed E-state index contributed by atoms with van der Waals surface area (Å²) in [5.41, 5.74) is -0.713. The Labute approximate surface area is 229 Å². The number of hydrogen-bond donors (Lipinski definition) is 1. The molecule has 5 rings (SSSR count). The van der Waals surface area contributed by atoms with E-state index in [1.807, 2.05) is 0 Å². The first-order valence-corrected chi connectivity index (χ1v) is 14.2. The standard InChI is InChI=1S/C23H17Cl3F3N3O5S/c1-38(35,36)7-16(33)32-8-22(9-32)13-3-2-10(4-12(13)21(34)30-22)19-17(23(27,28)29)20(37-31-19)11-5-14(24)18(26)15(25)6-11/h2-6,17,20H,7-9H2,1H3,(H,30,34). The fourth-order valence-corrected chi connectivity index (χ4v) is 6.18. The lowest BCUT2D eigenvalue weighted by atomic mass is 9.81. The van der Waals surface area contributed by atoms with Crippen molar-refractivity contribution in [2.75, 3.05) is 25.1 Å². The van der Waals surface area contributed by atoms with Gasteiger partial charge in [0.15, 0.2) is 15.9 Å². The molecule has 15 heteroatoms. The second kappa shape index (κ2) is 9.00. The van der Waals surface area contributed by atoms with Crippen molar-refractivity contribution < 1.29 is 36.0 Å². The van der Waals surface area contributed by atoms with Gasteiger partial charge in [0.2, 0.25) is 5.91 Å². The fraction of sp³-hybridized carbons (Fsp3) is 0.348. The average molecular weight is 611 g/mol. The zero-order valence-corrected chi connectivity index (χ0v) is 22.4. The number of likely N-dealkylation sites (tertiary alicyclic amines) is 1. The van der Waals surface area contributed by atoms with Crippen LogP contribution in [0.2, 0.25) is 15.1 Å². The molecule has 1 saturated heterocycles. The van der Waals surface area contributed by atoms with E-state index < -0.39 is 56.9 Å². The summed E-state index contributed by atoms with van der Waals surface area (Å²) >= 11 is 17.9. The number of amides is 2. The number of oxime groups is 1. The number of alkyl halides is 3. The molecular formula is C23H17Cl3F3N3O5S. The molecule has 2 atom stereocenters. The predicted octanol–water partition coefficient (Wildman–Crippen LogP) is 4.13. The molecule has 202 valence electrons. The Morgan fingerprint density at radius 3 is 2.39 bits per heavy atom. The normalized spacial score (nSPS) is 22.0. The van der Waals surface area contributed by atoms with Crippen LogP contribution >= 0.6 is 34.8 Å². The topological polar surface area (TPSA) is 105 Å². The van der Waals surface area contributed by atoms with Crippen molar-refractivity contribution in [1.82, 2.24) is 10.2 Å². The Kier molecular flexibility index (Phi) is 6.41. The van der Waals surface area contributed by atoms with E-state index in [1.165, 1.54) is 35.2 Å². The molecule has 1 fully saturated rings. The Morgan fingerprint density at radius 1 is 1.18 bits per heavy atom. The molecule has 0 aromatic heterocycles. The van der Waals surface area contributed by atoms with Crippen LogP contribution in [-0.2, 0) is 25.0 Å². The van der Waals surface area contributed by atoms with Crippen molar-refractivity contribution in [1.29, 1.82) is 0 Å². The first kappa shape index (κ1) is 27.0. The average Bonchev–Trinajstić information content (AvgIpc) is 3.35. The molecule has 8 nitrogen and oxygen atoms in total. The molecule has 3 aliphatic rings. The van der Waals surface area contributed by atoms with Gasteiger partial charge in [-0.2, -0.15) is 13.2 Å². The predicted molar refractivity (Wildman–Crippen MR) is 133 cm³/mol. The highest BCUT2D eigenvalue weighted by Gasteiger charge is 2.56. The van der Waals surface area contributed by atoms with Crippen molar-refractivity contribution in [3.05, 3.63) is 67.7 Å².